The fraction of sp³-hybridized carbons (Fsp3) is 0.273. The van der Waals surface area contributed by atoms with Gasteiger partial charge in [0.05, 0.1) is 8.94 Å². The van der Waals surface area contributed by atoms with Crippen molar-refractivity contribution in [3.05, 3.63) is 35.9 Å². The van der Waals surface area contributed by atoms with Crippen molar-refractivity contribution in [3.63, 3.8) is 0 Å². The number of carbonyl (C=O) groups is 1. The molecule has 4 heteroatoms. The van der Waals surface area contributed by atoms with Crippen LogP contribution in [0.1, 0.15) is 19.4 Å². The summed E-state index contributed by atoms with van der Waals surface area (Å²) < 4.78 is 0.0341. The zero-order valence-electron chi connectivity index (χ0n) is 8.69. The number of nitrogens with two attached hydrogens (primary N) is 1. The number of thioether (sulfide) groups is 1. The second-order valence-electron chi connectivity index (χ2n) is 3.63. The van der Waals surface area contributed by atoms with E-state index in [1.807, 2.05) is 30.3 Å². The molecule has 80 valence electrons. The first-order valence-electron chi connectivity index (χ1n) is 4.52. The van der Waals surface area contributed by atoms with Gasteiger partial charge in [-0.05, 0) is 19.4 Å². The third kappa shape index (κ3) is 3.32. The molecule has 1 amide bonds. The van der Waals surface area contributed by atoms with Gasteiger partial charge >= 0.3 is 0 Å². The lowest BCUT2D eigenvalue weighted by Crippen LogP contribution is -2.35. The van der Waals surface area contributed by atoms with E-state index in [1.54, 1.807) is 13.8 Å². The fourth-order valence-corrected chi connectivity index (χ4v) is 2.49. The summed E-state index contributed by atoms with van der Waals surface area (Å²) in [6, 6.07) is 9.60. The first-order chi connectivity index (χ1) is 6.93. The van der Waals surface area contributed by atoms with Crippen LogP contribution in [0.3, 0.4) is 0 Å². The number of carbonyl (C=O) groups excluding carboxylic acids is 1. The molecular formula is C11H13NOS2. The average Bonchev–Trinajstić information content (AvgIpc) is 2.18. The molecule has 0 fully saturated rings. The van der Waals surface area contributed by atoms with E-state index in [-0.39, 0.29) is 5.91 Å². The summed E-state index contributed by atoms with van der Waals surface area (Å²) >= 11 is 6.56. The summed E-state index contributed by atoms with van der Waals surface area (Å²) in [6.07, 6.45) is 0. The highest BCUT2D eigenvalue weighted by molar-refractivity contribution is 8.25. The Kier molecular flexibility index (Phi) is 3.88. The standard InChI is InChI=1S/C11H13NOS2/c1-11(2,10(12)13)15-9(14)8-6-4-3-5-7-8/h3-7H,1-2H3,(H2,12,13). The number of rotatable bonds is 3. The van der Waals surface area contributed by atoms with Gasteiger partial charge < -0.3 is 5.73 Å². The number of hydrogen-bond donors (Lipinski definition) is 1. The molecule has 0 atom stereocenters. The minimum atomic E-state index is -0.660. The Morgan fingerprint density at radius 3 is 2.33 bits per heavy atom. The summed E-state index contributed by atoms with van der Waals surface area (Å²) in [6.45, 7) is 3.55. The van der Waals surface area contributed by atoms with Gasteiger partial charge in [0.1, 0.15) is 0 Å². The van der Waals surface area contributed by atoms with Crippen LogP contribution in [0.4, 0.5) is 0 Å². The van der Waals surface area contributed by atoms with Gasteiger partial charge in [0.2, 0.25) is 5.91 Å². The fourth-order valence-electron chi connectivity index (χ4n) is 0.915. The van der Waals surface area contributed by atoms with E-state index in [0.717, 1.165) is 5.56 Å². The molecule has 15 heavy (non-hydrogen) atoms. The Morgan fingerprint density at radius 2 is 1.87 bits per heavy atom. The van der Waals surface area contributed by atoms with Crippen LogP contribution in [0.2, 0.25) is 0 Å². The third-order valence-electron chi connectivity index (χ3n) is 1.95. The highest BCUT2D eigenvalue weighted by Crippen LogP contribution is 2.28. The van der Waals surface area contributed by atoms with E-state index in [0.29, 0.717) is 4.20 Å². The lowest BCUT2D eigenvalue weighted by Gasteiger charge is -2.19. The van der Waals surface area contributed by atoms with Gasteiger partial charge in [-0.15, -0.1) is 0 Å². The first kappa shape index (κ1) is 12.2. The number of primary amides is 1. The van der Waals surface area contributed by atoms with Crippen LogP contribution in [0.5, 0.6) is 0 Å². The molecule has 0 saturated carbocycles. The number of amides is 1. The van der Waals surface area contributed by atoms with E-state index in [4.69, 9.17) is 18.0 Å². The van der Waals surface area contributed by atoms with Crippen LogP contribution in [0.25, 0.3) is 0 Å². The Labute approximate surface area is 99.2 Å². The van der Waals surface area contributed by atoms with Gasteiger partial charge in [0.25, 0.3) is 0 Å². The smallest absolute Gasteiger partial charge is 0.233 e. The maximum absolute atomic E-state index is 11.1. The van der Waals surface area contributed by atoms with Crippen molar-refractivity contribution in [1.29, 1.82) is 0 Å². The van der Waals surface area contributed by atoms with Crippen LogP contribution in [0.15, 0.2) is 30.3 Å². The zero-order valence-corrected chi connectivity index (χ0v) is 10.3. The summed E-state index contributed by atoms with van der Waals surface area (Å²) in [5.74, 6) is -0.356. The summed E-state index contributed by atoms with van der Waals surface area (Å²) in [7, 11) is 0. The molecule has 0 aromatic heterocycles. The quantitative estimate of drug-likeness (QED) is 0.823. The predicted octanol–water partition coefficient (Wildman–Crippen LogP) is 2.36. The van der Waals surface area contributed by atoms with E-state index >= 15 is 0 Å². The molecule has 0 aliphatic rings. The maximum atomic E-state index is 11.1. The molecule has 1 aromatic carbocycles. The number of thiocarbonyl (C=S) groups is 1. The molecule has 0 aliphatic heterocycles. The number of benzene rings is 1. The lowest BCUT2D eigenvalue weighted by atomic mass is 10.2. The number of hydrogen-bond acceptors (Lipinski definition) is 3. The second kappa shape index (κ2) is 4.77. The van der Waals surface area contributed by atoms with Gasteiger partial charge in [-0.25, -0.2) is 0 Å². The second-order valence-corrected chi connectivity index (χ2v) is 5.93. The zero-order chi connectivity index (χ0) is 11.5. The van der Waals surface area contributed by atoms with Crippen molar-refractivity contribution in [1.82, 2.24) is 0 Å². The van der Waals surface area contributed by atoms with Crippen molar-refractivity contribution < 1.29 is 4.79 Å². The van der Waals surface area contributed by atoms with E-state index in [2.05, 4.69) is 0 Å². The Balaban J connectivity index is 2.77. The molecule has 1 rings (SSSR count). The molecule has 0 aliphatic carbocycles. The van der Waals surface area contributed by atoms with Crippen molar-refractivity contribution in [2.75, 3.05) is 0 Å². The van der Waals surface area contributed by atoms with Crippen molar-refractivity contribution >= 4 is 34.1 Å². The molecule has 0 bridgehead atoms. The molecule has 0 heterocycles. The highest BCUT2D eigenvalue weighted by atomic mass is 32.2. The molecule has 0 radical (unpaired) electrons. The molecule has 0 saturated heterocycles. The van der Waals surface area contributed by atoms with Crippen LogP contribution < -0.4 is 5.73 Å². The van der Waals surface area contributed by atoms with Crippen molar-refractivity contribution in [2.24, 2.45) is 5.73 Å². The van der Waals surface area contributed by atoms with Crippen LogP contribution >= 0.6 is 24.0 Å². The van der Waals surface area contributed by atoms with E-state index < -0.39 is 4.75 Å². The Morgan fingerprint density at radius 1 is 1.33 bits per heavy atom. The largest absolute Gasteiger partial charge is 0.368 e. The van der Waals surface area contributed by atoms with E-state index in [9.17, 15) is 4.79 Å². The maximum Gasteiger partial charge on any atom is 0.233 e. The average molecular weight is 239 g/mol. The Bertz CT molecular complexity index is 373. The van der Waals surface area contributed by atoms with Crippen molar-refractivity contribution in [3.8, 4) is 0 Å². The summed E-state index contributed by atoms with van der Waals surface area (Å²) in [4.78, 5) is 11.1. The molecule has 0 spiro atoms. The van der Waals surface area contributed by atoms with Gasteiger partial charge in [-0.2, -0.15) is 0 Å². The molecule has 1 aromatic rings. The predicted molar refractivity (Wildman–Crippen MR) is 69.0 cm³/mol. The molecule has 2 nitrogen and oxygen atoms in total. The minimum Gasteiger partial charge on any atom is -0.368 e. The minimum absolute atomic E-state index is 0.356. The van der Waals surface area contributed by atoms with Crippen LogP contribution in [-0.2, 0) is 4.79 Å². The van der Waals surface area contributed by atoms with Gasteiger partial charge in [-0.1, -0.05) is 54.3 Å². The SMILES string of the molecule is CC(C)(SC(=S)c1ccccc1)C(N)=O. The van der Waals surface area contributed by atoms with Gasteiger partial charge in [-0.3, -0.25) is 4.79 Å². The molecule has 2 N–H and O–H groups in total. The van der Waals surface area contributed by atoms with Crippen LogP contribution in [-0.4, -0.2) is 14.9 Å². The van der Waals surface area contributed by atoms with Crippen LogP contribution in [0, 0.1) is 0 Å². The normalized spacial score (nSPS) is 11.1. The summed E-state index contributed by atoms with van der Waals surface area (Å²) in [5, 5.41) is 0. The first-order valence-corrected chi connectivity index (χ1v) is 5.74. The lowest BCUT2D eigenvalue weighted by molar-refractivity contribution is -0.119. The van der Waals surface area contributed by atoms with Crippen molar-refractivity contribution in [2.45, 2.75) is 18.6 Å². The van der Waals surface area contributed by atoms with Gasteiger partial charge in [0.15, 0.2) is 0 Å². The highest BCUT2D eigenvalue weighted by Gasteiger charge is 2.27. The van der Waals surface area contributed by atoms with Gasteiger partial charge in [0, 0.05) is 0 Å². The third-order valence-corrected chi connectivity index (χ3v) is 3.57. The topological polar surface area (TPSA) is 43.1 Å². The molecular weight excluding hydrogens is 226 g/mol. The monoisotopic (exact) mass is 239 g/mol. The summed E-state index contributed by atoms with van der Waals surface area (Å²) in [5.41, 5.74) is 6.23. The molecule has 0 unspecified atom stereocenters. The Hall–Kier alpha value is -0.870. The van der Waals surface area contributed by atoms with E-state index in [1.165, 1.54) is 11.8 Å².